The molecular weight excluding hydrogens is 238 g/mol. The Labute approximate surface area is 112 Å². The summed E-state index contributed by atoms with van der Waals surface area (Å²) in [5.74, 6) is 0.972. The van der Waals surface area contributed by atoms with Crippen molar-refractivity contribution < 1.29 is 5.21 Å². The molecule has 96 valence electrons. The highest BCUT2D eigenvalue weighted by Crippen LogP contribution is 2.34. The smallest absolute Gasteiger partial charge is 0.135 e. The number of oxime groups is 1. The zero-order valence-electron chi connectivity index (χ0n) is 10.7. The number of fused-ring (bicyclic) bond motifs is 1. The molecule has 0 fully saturated rings. The fraction of sp³-hybridized carbons (Fsp3) is 0.200. The van der Waals surface area contributed by atoms with Gasteiger partial charge in [-0.05, 0) is 36.6 Å². The first-order chi connectivity index (χ1) is 9.29. The number of nitrogens with zero attached hydrogens (tertiary/aromatic N) is 3. The van der Waals surface area contributed by atoms with Gasteiger partial charge < -0.3 is 10.1 Å². The maximum absolute atomic E-state index is 8.55. The molecule has 2 aromatic rings. The van der Waals surface area contributed by atoms with Gasteiger partial charge in [0.05, 0.1) is 6.21 Å². The van der Waals surface area contributed by atoms with Crippen LogP contribution in [0.2, 0.25) is 0 Å². The summed E-state index contributed by atoms with van der Waals surface area (Å²) < 4.78 is 0. The van der Waals surface area contributed by atoms with E-state index < -0.39 is 0 Å². The molecule has 0 saturated carbocycles. The summed E-state index contributed by atoms with van der Waals surface area (Å²) in [4.78, 5) is 6.74. The second kappa shape index (κ2) is 4.72. The number of anilines is 2. The van der Waals surface area contributed by atoms with Crippen molar-refractivity contribution in [2.24, 2.45) is 5.16 Å². The molecule has 1 aromatic heterocycles. The molecule has 0 atom stereocenters. The second-order valence-corrected chi connectivity index (χ2v) is 4.68. The van der Waals surface area contributed by atoms with Crippen LogP contribution in [0, 0.1) is 6.92 Å². The first-order valence-electron chi connectivity index (χ1n) is 6.29. The Morgan fingerprint density at radius 1 is 1.37 bits per heavy atom. The number of aryl methyl sites for hydroxylation is 1. The van der Waals surface area contributed by atoms with Gasteiger partial charge in [0.25, 0.3) is 0 Å². The Kier molecular flexibility index (Phi) is 2.91. The van der Waals surface area contributed by atoms with Crippen molar-refractivity contribution >= 4 is 17.7 Å². The number of benzene rings is 1. The van der Waals surface area contributed by atoms with Gasteiger partial charge >= 0.3 is 0 Å². The van der Waals surface area contributed by atoms with E-state index in [4.69, 9.17) is 5.21 Å². The van der Waals surface area contributed by atoms with Crippen LogP contribution in [0.25, 0.3) is 0 Å². The minimum atomic E-state index is 0.802. The summed E-state index contributed by atoms with van der Waals surface area (Å²) in [5.41, 5.74) is 4.48. The van der Waals surface area contributed by atoms with Gasteiger partial charge in [0.1, 0.15) is 5.82 Å². The number of pyridine rings is 1. The van der Waals surface area contributed by atoms with E-state index in [0.717, 1.165) is 29.9 Å². The summed E-state index contributed by atoms with van der Waals surface area (Å²) in [6.07, 6.45) is 4.17. The molecule has 0 radical (unpaired) electrons. The molecule has 0 unspecified atom stereocenters. The average Bonchev–Trinajstić information content (AvgIpc) is 2.83. The number of aromatic nitrogens is 1. The summed E-state index contributed by atoms with van der Waals surface area (Å²) >= 11 is 0. The molecule has 0 bridgehead atoms. The van der Waals surface area contributed by atoms with E-state index in [9.17, 15) is 0 Å². The lowest BCUT2D eigenvalue weighted by Crippen LogP contribution is -2.16. The van der Waals surface area contributed by atoms with E-state index in [0.29, 0.717) is 0 Å². The second-order valence-electron chi connectivity index (χ2n) is 4.68. The van der Waals surface area contributed by atoms with Crippen molar-refractivity contribution in [3.63, 3.8) is 0 Å². The highest BCUT2D eigenvalue weighted by atomic mass is 16.4. The standard InChI is InChI=1S/C15H15N3O/c1-11-8-12(10-17-19)9-16-15(11)18-7-6-13-4-2-3-5-14(13)18/h2-5,8-10,19H,6-7H2,1H3/b17-10+. The molecule has 0 amide bonds. The predicted octanol–water partition coefficient (Wildman–Crippen LogP) is 2.89. The Balaban J connectivity index is 2.00. The Morgan fingerprint density at radius 2 is 2.21 bits per heavy atom. The average molecular weight is 253 g/mol. The number of hydrogen-bond acceptors (Lipinski definition) is 4. The zero-order chi connectivity index (χ0) is 13.2. The van der Waals surface area contributed by atoms with Crippen molar-refractivity contribution in [3.8, 4) is 0 Å². The Hall–Kier alpha value is -2.36. The van der Waals surface area contributed by atoms with E-state index in [2.05, 4.69) is 39.3 Å². The summed E-state index contributed by atoms with van der Waals surface area (Å²) in [6.45, 7) is 2.98. The molecular formula is C15H15N3O. The first kappa shape index (κ1) is 11.7. The van der Waals surface area contributed by atoms with Crippen LogP contribution < -0.4 is 4.90 Å². The molecule has 0 saturated heterocycles. The maximum Gasteiger partial charge on any atom is 0.135 e. The molecule has 2 heterocycles. The van der Waals surface area contributed by atoms with Gasteiger partial charge in [0, 0.05) is 24.0 Å². The maximum atomic E-state index is 8.55. The van der Waals surface area contributed by atoms with E-state index >= 15 is 0 Å². The van der Waals surface area contributed by atoms with Gasteiger partial charge in [-0.15, -0.1) is 0 Å². The van der Waals surface area contributed by atoms with E-state index in [1.165, 1.54) is 17.5 Å². The summed E-state index contributed by atoms with van der Waals surface area (Å²) in [6, 6.07) is 10.4. The molecule has 1 N–H and O–H groups in total. The van der Waals surface area contributed by atoms with Gasteiger partial charge in [-0.2, -0.15) is 0 Å². The molecule has 3 rings (SSSR count). The SMILES string of the molecule is Cc1cc(/C=N/O)cnc1N1CCc2ccccc21. The highest BCUT2D eigenvalue weighted by Gasteiger charge is 2.21. The monoisotopic (exact) mass is 253 g/mol. The van der Waals surface area contributed by atoms with Gasteiger partial charge in [0.15, 0.2) is 0 Å². The molecule has 4 nitrogen and oxygen atoms in total. The topological polar surface area (TPSA) is 48.7 Å². The van der Waals surface area contributed by atoms with E-state index in [1.807, 2.05) is 13.0 Å². The van der Waals surface area contributed by atoms with Gasteiger partial charge in [-0.1, -0.05) is 23.4 Å². The Morgan fingerprint density at radius 3 is 3.00 bits per heavy atom. The summed E-state index contributed by atoms with van der Waals surface area (Å²) in [7, 11) is 0. The third-order valence-corrected chi connectivity index (χ3v) is 3.42. The van der Waals surface area contributed by atoms with Crippen molar-refractivity contribution in [1.29, 1.82) is 0 Å². The van der Waals surface area contributed by atoms with Crippen LogP contribution in [-0.2, 0) is 6.42 Å². The highest BCUT2D eigenvalue weighted by molar-refractivity contribution is 5.80. The van der Waals surface area contributed by atoms with Crippen LogP contribution >= 0.6 is 0 Å². The largest absolute Gasteiger partial charge is 0.411 e. The fourth-order valence-corrected chi connectivity index (χ4v) is 2.57. The van der Waals surface area contributed by atoms with E-state index in [1.54, 1.807) is 6.20 Å². The Bertz CT molecular complexity index is 637. The van der Waals surface area contributed by atoms with Crippen LogP contribution in [0.4, 0.5) is 11.5 Å². The lowest BCUT2D eigenvalue weighted by Gasteiger charge is -2.20. The summed E-state index contributed by atoms with van der Waals surface area (Å²) in [5, 5.41) is 11.6. The predicted molar refractivity (Wildman–Crippen MR) is 75.5 cm³/mol. The lowest BCUT2D eigenvalue weighted by molar-refractivity contribution is 0.322. The quantitative estimate of drug-likeness (QED) is 0.508. The van der Waals surface area contributed by atoms with Crippen LogP contribution in [-0.4, -0.2) is 23.0 Å². The van der Waals surface area contributed by atoms with Crippen molar-refractivity contribution in [1.82, 2.24) is 4.98 Å². The fourth-order valence-electron chi connectivity index (χ4n) is 2.57. The molecule has 0 aliphatic carbocycles. The first-order valence-corrected chi connectivity index (χ1v) is 6.29. The van der Waals surface area contributed by atoms with Gasteiger partial charge in [0.2, 0.25) is 0 Å². The van der Waals surface area contributed by atoms with Crippen LogP contribution in [0.3, 0.4) is 0 Å². The number of rotatable bonds is 2. The molecule has 4 heteroatoms. The van der Waals surface area contributed by atoms with Crippen molar-refractivity contribution in [2.75, 3.05) is 11.4 Å². The van der Waals surface area contributed by atoms with Crippen molar-refractivity contribution in [2.45, 2.75) is 13.3 Å². The molecule has 1 aromatic carbocycles. The van der Waals surface area contributed by atoms with E-state index in [-0.39, 0.29) is 0 Å². The number of para-hydroxylation sites is 1. The zero-order valence-corrected chi connectivity index (χ0v) is 10.7. The molecule has 19 heavy (non-hydrogen) atoms. The van der Waals surface area contributed by atoms with Crippen molar-refractivity contribution in [3.05, 3.63) is 53.2 Å². The third-order valence-electron chi connectivity index (χ3n) is 3.42. The minimum absolute atomic E-state index is 0.802. The van der Waals surface area contributed by atoms with Gasteiger partial charge in [-0.25, -0.2) is 4.98 Å². The molecule has 1 aliphatic heterocycles. The number of hydrogen-bond donors (Lipinski definition) is 1. The van der Waals surface area contributed by atoms with Crippen LogP contribution in [0.5, 0.6) is 0 Å². The lowest BCUT2D eigenvalue weighted by atomic mass is 10.1. The normalized spacial score (nSPS) is 14.1. The third kappa shape index (κ3) is 2.05. The molecule has 1 aliphatic rings. The van der Waals surface area contributed by atoms with Gasteiger partial charge in [-0.3, -0.25) is 0 Å². The van der Waals surface area contributed by atoms with Crippen LogP contribution in [0.15, 0.2) is 41.7 Å². The van der Waals surface area contributed by atoms with Crippen LogP contribution in [0.1, 0.15) is 16.7 Å². The minimum Gasteiger partial charge on any atom is -0.411 e. The molecule has 0 spiro atoms.